The molecule has 106 valence electrons. The Hall–Kier alpha value is -1.52. The van der Waals surface area contributed by atoms with Crippen molar-refractivity contribution in [3.63, 3.8) is 0 Å². The topological polar surface area (TPSA) is 45.5 Å². The summed E-state index contributed by atoms with van der Waals surface area (Å²) in [4.78, 5) is 7.03. The molecule has 1 N–H and O–H groups in total. The number of aryl methyl sites for hydroxylation is 1. The third kappa shape index (κ3) is 3.49. The molecule has 0 aliphatic carbocycles. The van der Waals surface area contributed by atoms with E-state index in [2.05, 4.69) is 40.4 Å². The van der Waals surface area contributed by atoms with Crippen LogP contribution in [0.15, 0.2) is 17.4 Å². The molecule has 1 atom stereocenters. The highest BCUT2D eigenvalue weighted by Crippen LogP contribution is 2.26. The zero-order valence-electron chi connectivity index (χ0n) is 12.3. The second-order valence-corrected chi connectivity index (χ2v) is 5.11. The van der Waals surface area contributed by atoms with Crippen LogP contribution in [0.2, 0.25) is 0 Å². The predicted octanol–water partition coefficient (Wildman–Crippen LogP) is 1.58. The zero-order chi connectivity index (χ0) is 13.7. The fraction of sp³-hybridized carbons (Fsp3) is 0.714. The van der Waals surface area contributed by atoms with Gasteiger partial charge in [-0.15, -0.1) is 0 Å². The van der Waals surface area contributed by atoms with Gasteiger partial charge >= 0.3 is 0 Å². The number of likely N-dealkylation sites (tertiary alicyclic amines) is 1. The van der Waals surface area contributed by atoms with E-state index in [0.717, 1.165) is 38.6 Å². The zero-order valence-corrected chi connectivity index (χ0v) is 12.3. The smallest absolute Gasteiger partial charge is 0.193 e. The maximum Gasteiger partial charge on any atom is 0.193 e. The Morgan fingerprint density at radius 3 is 3.00 bits per heavy atom. The van der Waals surface area contributed by atoms with E-state index in [9.17, 15) is 0 Å². The molecule has 1 aliphatic heterocycles. The number of aliphatic imine (C=N–C) groups is 1. The van der Waals surface area contributed by atoms with Crippen LogP contribution in [0.1, 0.15) is 38.2 Å². The lowest BCUT2D eigenvalue weighted by atomic mass is 10.0. The average Bonchev–Trinajstić information content (AvgIpc) is 3.03. The summed E-state index contributed by atoms with van der Waals surface area (Å²) in [6.45, 7) is 8.23. The Morgan fingerprint density at radius 1 is 1.53 bits per heavy atom. The molecule has 0 spiro atoms. The fourth-order valence-electron chi connectivity index (χ4n) is 2.52. The van der Waals surface area contributed by atoms with Gasteiger partial charge in [-0.3, -0.25) is 9.67 Å². The molecule has 0 saturated carbocycles. The summed E-state index contributed by atoms with van der Waals surface area (Å²) in [6.07, 6.45) is 6.39. The molecule has 2 heterocycles. The Bertz CT molecular complexity index is 423. The highest BCUT2D eigenvalue weighted by molar-refractivity contribution is 5.80. The van der Waals surface area contributed by atoms with Crippen molar-refractivity contribution in [1.29, 1.82) is 0 Å². The first-order valence-electron chi connectivity index (χ1n) is 7.26. The maximum absolute atomic E-state index is 4.66. The van der Waals surface area contributed by atoms with E-state index in [0.29, 0.717) is 5.92 Å². The average molecular weight is 263 g/mol. The number of nitrogens with zero attached hydrogens (tertiary/aromatic N) is 4. The summed E-state index contributed by atoms with van der Waals surface area (Å²) in [6, 6.07) is 0. The molecule has 0 amide bonds. The molecule has 5 heteroatoms. The van der Waals surface area contributed by atoms with Crippen molar-refractivity contribution in [2.24, 2.45) is 12.0 Å². The van der Waals surface area contributed by atoms with Crippen molar-refractivity contribution in [3.05, 3.63) is 18.0 Å². The van der Waals surface area contributed by atoms with Crippen LogP contribution >= 0.6 is 0 Å². The minimum atomic E-state index is 0.583. The summed E-state index contributed by atoms with van der Waals surface area (Å²) in [5.41, 5.74) is 1.34. The molecular weight excluding hydrogens is 238 g/mol. The van der Waals surface area contributed by atoms with Crippen LogP contribution in [0.3, 0.4) is 0 Å². The van der Waals surface area contributed by atoms with Gasteiger partial charge in [0, 0.05) is 45.3 Å². The number of guanidine groups is 1. The van der Waals surface area contributed by atoms with Crippen molar-refractivity contribution < 1.29 is 0 Å². The van der Waals surface area contributed by atoms with Crippen LogP contribution in [0.25, 0.3) is 0 Å². The first-order chi connectivity index (χ1) is 9.24. The molecule has 0 aromatic carbocycles. The van der Waals surface area contributed by atoms with Gasteiger partial charge in [0.25, 0.3) is 0 Å². The lowest BCUT2D eigenvalue weighted by molar-refractivity contribution is 0.486. The third-order valence-electron chi connectivity index (χ3n) is 3.50. The molecule has 19 heavy (non-hydrogen) atoms. The lowest BCUT2D eigenvalue weighted by Gasteiger charge is -2.21. The lowest BCUT2D eigenvalue weighted by Crippen LogP contribution is -2.40. The maximum atomic E-state index is 4.66. The van der Waals surface area contributed by atoms with Crippen molar-refractivity contribution in [2.45, 2.75) is 32.6 Å². The second kappa shape index (κ2) is 6.59. The minimum Gasteiger partial charge on any atom is -0.357 e. The molecule has 1 saturated heterocycles. The first-order valence-corrected chi connectivity index (χ1v) is 7.26. The van der Waals surface area contributed by atoms with Crippen molar-refractivity contribution in [1.82, 2.24) is 20.0 Å². The fourth-order valence-corrected chi connectivity index (χ4v) is 2.52. The molecule has 1 unspecified atom stereocenters. The highest BCUT2D eigenvalue weighted by atomic mass is 15.3. The van der Waals surface area contributed by atoms with Gasteiger partial charge in [-0.1, -0.05) is 6.92 Å². The van der Waals surface area contributed by atoms with Gasteiger partial charge in [-0.05, 0) is 25.3 Å². The molecule has 1 aromatic rings. The minimum absolute atomic E-state index is 0.583. The normalized spacial score (nSPS) is 20.1. The predicted molar refractivity (Wildman–Crippen MR) is 78.4 cm³/mol. The molecule has 0 radical (unpaired) electrons. The van der Waals surface area contributed by atoms with E-state index in [-0.39, 0.29) is 0 Å². The number of hydrogen-bond donors (Lipinski definition) is 1. The number of nitrogens with one attached hydrogen (secondary N) is 1. The van der Waals surface area contributed by atoms with Gasteiger partial charge in [0.05, 0.1) is 6.20 Å². The molecule has 1 aliphatic rings. The molecule has 1 aromatic heterocycles. The molecule has 2 rings (SSSR count). The van der Waals surface area contributed by atoms with Gasteiger partial charge in [0.15, 0.2) is 5.96 Å². The van der Waals surface area contributed by atoms with Crippen molar-refractivity contribution in [2.75, 3.05) is 26.2 Å². The second-order valence-electron chi connectivity index (χ2n) is 5.11. The van der Waals surface area contributed by atoms with Crippen LogP contribution in [0, 0.1) is 0 Å². The van der Waals surface area contributed by atoms with Crippen LogP contribution in [-0.2, 0) is 7.05 Å². The van der Waals surface area contributed by atoms with E-state index in [1.165, 1.54) is 12.0 Å². The van der Waals surface area contributed by atoms with Gasteiger partial charge in [-0.2, -0.15) is 5.10 Å². The third-order valence-corrected chi connectivity index (χ3v) is 3.50. The number of aromatic nitrogens is 2. The largest absolute Gasteiger partial charge is 0.357 e. The summed E-state index contributed by atoms with van der Waals surface area (Å²) in [7, 11) is 1.98. The molecular formula is C14H25N5. The van der Waals surface area contributed by atoms with Crippen LogP contribution in [0.4, 0.5) is 0 Å². The highest BCUT2D eigenvalue weighted by Gasteiger charge is 2.26. The van der Waals surface area contributed by atoms with E-state index in [1.54, 1.807) is 0 Å². The van der Waals surface area contributed by atoms with E-state index in [4.69, 9.17) is 0 Å². The Kier molecular flexibility index (Phi) is 4.82. The Morgan fingerprint density at radius 2 is 2.37 bits per heavy atom. The van der Waals surface area contributed by atoms with Gasteiger partial charge in [0.2, 0.25) is 0 Å². The quantitative estimate of drug-likeness (QED) is 0.663. The van der Waals surface area contributed by atoms with Gasteiger partial charge in [-0.25, -0.2) is 0 Å². The summed E-state index contributed by atoms with van der Waals surface area (Å²) >= 11 is 0. The number of rotatable bonds is 4. The van der Waals surface area contributed by atoms with E-state index < -0.39 is 0 Å². The standard InChI is InChI=1S/C14H25N5/c1-4-7-16-14(15-5-2)19-8-6-12(11-19)13-9-17-18(3)10-13/h9-10,12H,4-8,11H2,1-3H3,(H,15,16). The molecule has 1 fully saturated rings. The first kappa shape index (κ1) is 13.9. The summed E-state index contributed by atoms with van der Waals surface area (Å²) < 4.78 is 1.88. The summed E-state index contributed by atoms with van der Waals surface area (Å²) in [5.74, 6) is 1.65. The monoisotopic (exact) mass is 263 g/mol. The van der Waals surface area contributed by atoms with Gasteiger partial charge < -0.3 is 10.2 Å². The van der Waals surface area contributed by atoms with Gasteiger partial charge in [0.1, 0.15) is 0 Å². The van der Waals surface area contributed by atoms with E-state index in [1.807, 2.05) is 17.9 Å². The Labute approximate surface area is 115 Å². The van der Waals surface area contributed by atoms with Crippen LogP contribution in [0.5, 0.6) is 0 Å². The van der Waals surface area contributed by atoms with Crippen LogP contribution < -0.4 is 5.32 Å². The number of hydrogen-bond acceptors (Lipinski definition) is 2. The van der Waals surface area contributed by atoms with E-state index >= 15 is 0 Å². The summed E-state index contributed by atoms with van der Waals surface area (Å²) in [5, 5.41) is 7.66. The SMILES string of the molecule is CCCN=C(NCC)N1CCC(c2cnn(C)c2)C1. The molecule has 0 bridgehead atoms. The van der Waals surface area contributed by atoms with Crippen molar-refractivity contribution in [3.8, 4) is 0 Å². The van der Waals surface area contributed by atoms with Crippen molar-refractivity contribution >= 4 is 5.96 Å². The van der Waals surface area contributed by atoms with Crippen LogP contribution in [-0.4, -0.2) is 46.8 Å². The Balaban J connectivity index is 1.99. The molecule has 5 nitrogen and oxygen atoms in total.